The Balaban J connectivity index is 1.61. The van der Waals surface area contributed by atoms with Crippen LogP contribution < -0.4 is 4.90 Å². The molecule has 1 heterocycles. The van der Waals surface area contributed by atoms with Crippen LogP contribution in [0.2, 0.25) is 0 Å². The van der Waals surface area contributed by atoms with Crippen LogP contribution in [0.1, 0.15) is 64.9 Å². The first-order valence-electron chi connectivity index (χ1n) is 10.0. The molecule has 1 aromatic carbocycles. The number of aryl methyl sites for hydroxylation is 1. The van der Waals surface area contributed by atoms with E-state index in [1.54, 1.807) is 20.8 Å². The van der Waals surface area contributed by atoms with Crippen LogP contribution in [0.25, 0.3) is 0 Å². The third-order valence-corrected chi connectivity index (χ3v) is 7.86. The zero-order valence-corrected chi connectivity index (χ0v) is 17.5. The Morgan fingerprint density at radius 2 is 1.58 bits per heavy atom. The minimum absolute atomic E-state index is 0.323. The number of anilines is 1. The summed E-state index contributed by atoms with van der Waals surface area (Å²) in [5.74, 6) is 0.323. The quantitative estimate of drug-likeness (QED) is 0.441. The first-order chi connectivity index (χ1) is 12.3. The van der Waals surface area contributed by atoms with E-state index in [0.717, 1.165) is 45.2 Å². The minimum Gasteiger partial charge on any atom is -0.368 e. The molecule has 4 heteroatoms. The predicted molar refractivity (Wildman–Crippen MR) is 113 cm³/mol. The molecule has 0 saturated heterocycles. The summed E-state index contributed by atoms with van der Waals surface area (Å²) in [6.07, 6.45) is 12.0. The molecule has 26 heavy (non-hydrogen) atoms. The Kier molecular flexibility index (Phi) is 7.75. The fraction of sp³-hybridized carbons (Fsp3) is 0.636. The Morgan fingerprint density at radius 1 is 0.923 bits per heavy atom. The standard InChI is InChI=1S/C22H35NO2S/c1-22(2,3)26(24,25)19-11-6-4-5-8-12-20-13-15-21(16-14-20)23-17-9-7-10-18-23/h7,9,13-16H,4-6,8,10-12,17-19H2,1-3H3. The third kappa shape index (κ3) is 6.46. The Labute approximate surface area is 160 Å². The summed E-state index contributed by atoms with van der Waals surface area (Å²) in [7, 11) is -2.96. The lowest BCUT2D eigenvalue weighted by atomic mass is 10.0. The monoisotopic (exact) mass is 377 g/mol. The second-order valence-electron chi connectivity index (χ2n) is 8.32. The van der Waals surface area contributed by atoms with E-state index in [0.29, 0.717) is 5.75 Å². The molecule has 0 aromatic heterocycles. The highest BCUT2D eigenvalue weighted by Crippen LogP contribution is 2.20. The largest absolute Gasteiger partial charge is 0.368 e. The first kappa shape index (κ1) is 21.0. The molecule has 0 bridgehead atoms. The second-order valence-corrected chi connectivity index (χ2v) is 11.2. The molecule has 1 aliphatic rings. The van der Waals surface area contributed by atoms with Crippen molar-refractivity contribution in [3.05, 3.63) is 42.0 Å². The summed E-state index contributed by atoms with van der Waals surface area (Å²) in [6, 6.07) is 8.99. The molecule has 1 aliphatic heterocycles. The summed E-state index contributed by atoms with van der Waals surface area (Å²) in [5.41, 5.74) is 2.72. The van der Waals surface area contributed by atoms with Gasteiger partial charge in [0.2, 0.25) is 0 Å². The van der Waals surface area contributed by atoms with Crippen LogP contribution in [0.3, 0.4) is 0 Å². The van der Waals surface area contributed by atoms with Gasteiger partial charge in [-0.25, -0.2) is 8.42 Å². The number of unbranched alkanes of at least 4 members (excludes halogenated alkanes) is 4. The molecular weight excluding hydrogens is 342 g/mol. The average Bonchev–Trinajstić information content (AvgIpc) is 2.61. The highest BCUT2D eigenvalue weighted by atomic mass is 32.2. The van der Waals surface area contributed by atoms with Crippen molar-refractivity contribution in [1.29, 1.82) is 0 Å². The van der Waals surface area contributed by atoms with Crippen molar-refractivity contribution in [3.8, 4) is 0 Å². The van der Waals surface area contributed by atoms with E-state index in [4.69, 9.17) is 0 Å². The Bertz CT molecular complexity index is 669. The van der Waals surface area contributed by atoms with Gasteiger partial charge in [0, 0.05) is 18.8 Å². The smallest absolute Gasteiger partial charge is 0.155 e. The van der Waals surface area contributed by atoms with Crippen molar-refractivity contribution in [3.63, 3.8) is 0 Å². The van der Waals surface area contributed by atoms with E-state index in [-0.39, 0.29) is 0 Å². The molecule has 0 fully saturated rings. The van der Waals surface area contributed by atoms with Gasteiger partial charge in [0.25, 0.3) is 0 Å². The van der Waals surface area contributed by atoms with Crippen LogP contribution in [0.4, 0.5) is 5.69 Å². The molecule has 146 valence electrons. The lowest BCUT2D eigenvalue weighted by Crippen LogP contribution is -2.30. The van der Waals surface area contributed by atoms with Gasteiger partial charge in [-0.15, -0.1) is 0 Å². The lowest BCUT2D eigenvalue weighted by molar-refractivity contribution is 0.552. The van der Waals surface area contributed by atoms with Crippen molar-refractivity contribution >= 4 is 15.5 Å². The summed E-state index contributed by atoms with van der Waals surface area (Å²) in [6.45, 7) is 7.49. The molecule has 0 spiro atoms. The van der Waals surface area contributed by atoms with Crippen molar-refractivity contribution in [1.82, 2.24) is 0 Å². The van der Waals surface area contributed by atoms with Crippen molar-refractivity contribution in [2.75, 3.05) is 23.7 Å². The van der Waals surface area contributed by atoms with Gasteiger partial charge in [-0.1, -0.05) is 43.5 Å². The number of sulfone groups is 1. The van der Waals surface area contributed by atoms with Crippen molar-refractivity contribution in [2.45, 2.75) is 70.5 Å². The summed E-state index contributed by atoms with van der Waals surface area (Å²) in [4.78, 5) is 2.41. The molecule has 1 aromatic rings. The highest BCUT2D eigenvalue weighted by Gasteiger charge is 2.27. The second kappa shape index (κ2) is 9.59. The number of hydrogen-bond donors (Lipinski definition) is 0. The normalized spacial score (nSPS) is 15.4. The molecular formula is C22H35NO2S. The topological polar surface area (TPSA) is 37.4 Å². The predicted octanol–water partition coefficient (Wildman–Crippen LogP) is 5.16. The van der Waals surface area contributed by atoms with E-state index in [1.807, 2.05) is 0 Å². The van der Waals surface area contributed by atoms with Gasteiger partial charge >= 0.3 is 0 Å². The van der Waals surface area contributed by atoms with E-state index >= 15 is 0 Å². The number of nitrogens with zero attached hydrogens (tertiary/aromatic N) is 1. The molecule has 0 N–H and O–H groups in total. The first-order valence-corrected chi connectivity index (χ1v) is 11.7. The van der Waals surface area contributed by atoms with Gasteiger partial charge in [-0.2, -0.15) is 0 Å². The highest BCUT2D eigenvalue weighted by molar-refractivity contribution is 7.92. The molecule has 2 rings (SSSR count). The van der Waals surface area contributed by atoms with E-state index in [2.05, 4.69) is 41.3 Å². The van der Waals surface area contributed by atoms with E-state index in [1.165, 1.54) is 24.1 Å². The van der Waals surface area contributed by atoms with Gasteiger partial charge in [0.1, 0.15) is 0 Å². The zero-order chi connectivity index (χ0) is 19.0. The number of hydrogen-bond acceptors (Lipinski definition) is 3. The van der Waals surface area contributed by atoms with E-state index < -0.39 is 14.6 Å². The van der Waals surface area contributed by atoms with Gasteiger partial charge < -0.3 is 4.90 Å². The van der Waals surface area contributed by atoms with Gasteiger partial charge in [-0.05, 0) is 64.2 Å². The van der Waals surface area contributed by atoms with E-state index in [9.17, 15) is 8.42 Å². The van der Waals surface area contributed by atoms with Crippen LogP contribution in [0, 0.1) is 0 Å². The molecule has 0 aliphatic carbocycles. The van der Waals surface area contributed by atoms with Gasteiger partial charge in [-0.3, -0.25) is 0 Å². The molecule has 0 unspecified atom stereocenters. The Hall–Kier alpha value is -1.29. The summed E-state index contributed by atoms with van der Waals surface area (Å²) in [5, 5.41) is 0. The van der Waals surface area contributed by atoms with Gasteiger partial charge in [0.05, 0.1) is 10.5 Å². The van der Waals surface area contributed by atoms with Crippen LogP contribution >= 0.6 is 0 Å². The Morgan fingerprint density at radius 3 is 2.19 bits per heavy atom. The maximum atomic E-state index is 12.1. The fourth-order valence-corrected chi connectivity index (χ4v) is 4.40. The fourth-order valence-electron chi connectivity index (χ4n) is 3.21. The lowest BCUT2D eigenvalue weighted by Gasteiger charge is -2.25. The SMILES string of the molecule is CC(C)(C)S(=O)(=O)CCCCCCCc1ccc(N2CC=CCC2)cc1. The average molecular weight is 378 g/mol. The molecule has 0 amide bonds. The third-order valence-electron chi connectivity index (χ3n) is 5.17. The number of benzene rings is 1. The summed E-state index contributed by atoms with van der Waals surface area (Å²) < 4.78 is 23.5. The van der Waals surface area contributed by atoms with Gasteiger partial charge in [0.15, 0.2) is 9.84 Å². The van der Waals surface area contributed by atoms with Crippen LogP contribution in [-0.4, -0.2) is 32.0 Å². The van der Waals surface area contributed by atoms with Crippen LogP contribution in [-0.2, 0) is 16.3 Å². The maximum Gasteiger partial charge on any atom is 0.155 e. The van der Waals surface area contributed by atoms with Crippen molar-refractivity contribution in [2.24, 2.45) is 0 Å². The maximum absolute atomic E-state index is 12.1. The van der Waals surface area contributed by atoms with Crippen molar-refractivity contribution < 1.29 is 8.42 Å². The molecule has 0 atom stereocenters. The number of rotatable bonds is 9. The van der Waals surface area contributed by atoms with Crippen LogP contribution in [0.15, 0.2) is 36.4 Å². The molecule has 3 nitrogen and oxygen atoms in total. The molecule has 0 radical (unpaired) electrons. The molecule has 0 saturated carbocycles. The minimum atomic E-state index is -2.96. The zero-order valence-electron chi connectivity index (χ0n) is 16.7. The summed E-state index contributed by atoms with van der Waals surface area (Å²) >= 11 is 0. The van der Waals surface area contributed by atoms with Crippen LogP contribution in [0.5, 0.6) is 0 Å².